The number of halogens is 1. The van der Waals surface area contributed by atoms with E-state index in [4.69, 9.17) is 4.98 Å². The first-order valence-electron chi connectivity index (χ1n) is 4.99. The van der Waals surface area contributed by atoms with E-state index in [1.54, 1.807) is 0 Å². The zero-order valence-electron chi connectivity index (χ0n) is 8.46. The predicted molar refractivity (Wildman–Crippen MR) is 67.5 cm³/mol. The zero-order chi connectivity index (χ0) is 10.4. The van der Waals surface area contributed by atoms with Gasteiger partial charge in [-0.3, -0.25) is 0 Å². The summed E-state index contributed by atoms with van der Waals surface area (Å²) in [5.74, 6) is 2.30. The smallest absolute Gasteiger partial charge is 0.140 e. The van der Waals surface area contributed by atoms with Crippen molar-refractivity contribution < 1.29 is 0 Å². The van der Waals surface area contributed by atoms with E-state index in [-0.39, 0.29) is 0 Å². The number of imidazole rings is 1. The third-order valence-electron chi connectivity index (χ3n) is 2.77. The Labute approximate surface area is 101 Å². The van der Waals surface area contributed by atoms with Crippen molar-refractivity contribution in [3.8, 4) is 0 Å². The Bertz CT molecular complexity index is 533. The molecule has 78 valence electrons. The molecule has 0 unspecified atom stereocenters. The summed E-state index contributed by atoms with van der Waals surface area (Å²) in [5.41, 5.74) is 5.02. The van der Waals surface area contributed by atoms with Crippen LogP contribution in [0.15, 0.2) is 16.7 Å². The highest BCUT2D eigenvalue weighted by Gasteiger charge is 2.17. The van der Waals surface area contributed by atoms with Gasteiger partial charge in [0.2, 0.25) is 0 Å². The SMILES string of the molecule is Cc1cc(Br)cn2c3c(nc12)CCSC3. The van der Waals surface area contributed by atoms with Gasteiger partial charge in [-0.15, -0.1) is 0 Å². The zero-order valence-corrected chi connectivity index (χ0v) is 10.9. The highest BCUT2D eigenvalue weighted by atomic mass is 79.9. The lowest BCUT2D eigenvalue weighted by atomic mass is 10.3. The van der Waals surface area contributed by atoms with Crippen LogP contribution in [0.2, 0.25) is 0 Å². The van der Waals surface area contributed by atoms with Crippen LogP contribution in [0.4, 0.5) is 0 Å². The molecule has 0 aliphatic carbocycles. The summed E-state index contributed by atoms with van der Waals surface area (Å²) in [6.07, 6.45) is 3.23. The second kappa shape index (κ2) is 3.52. The van der Waals surface area contributed by atoms with E-state index in [0.29, 0.717) is 0 Å². The van der Waals surface area contributed by atoms with Gasteiger partial charge in [-0.25, -0.2) is 4.98 Å². The van der Waals surface area contributed by atoms with E-state index in [0.717, 1.165) is 22.3 Å². The van der Waals surface area contributed by atoms with E-state index >= 15 is 0 Å². The molecule has 0 saturated carbocycles. The molecule has 2 nitrogen and oxygen atoms in total. The molecule has 3 heterocycles. The van der Waals surface area contributed by atoms with Crippen LogP contribution in [0, 0.1) is 6.92 Å². The maximum Gasteiger partial charge on any atom is 0.140 e. The van der Waals surface area contributed by atoms with Crippen LogP contribution in [0.3, 0.4) is 0 Å². The molecule has 0 N–H and O–H groups in total. The van der Waals surface area contributed by atoms with Gasteiger partial charge in [-0.1, -0.05) is 0 Å². The molecule has 15 heavy (non-hydrogen) atoms. The lowest BCUT2D eigenvalue weighted by molar-refractivity contribution is 0.989. The van der Waals surface area contributed by atoms with E-state index in [2.05, 4.69) is 39.5 Å². The Morgan fingerprint density at radius 2 is 2.40 bits per heavy atom. The Hall–Kier alpha value is -0.480. The Kier molecular flexibility index (Phi) is 2.29. The fraction of sp³-hybridized carbons (Fsp3) is 0.364. The number of hydrogen-bond acceptors (Lipinski definition) is 2. The minimum atomic E-state index is 1.09. The summed E-state index contributed by atoms with van der Waals surface area (Å²) in [7, 11) is 0. The molecule has 1 aliphatic heterocycles. The van der Waals surface area contributed by atoms with Gasteiger partial charge < -0.3 is 4.40 Å². The Morgan fingerprint density at radius 1 is 1.53 bits per heavy atom. The lowest BCUT2D eigenvalue weighted by Gasteiger charge is -2.10. The fourth-order valence-corrected chi connectivity index (χ4v) is 3.58. The molecule has 0 aromatic carbocycles. The molecule has 0 atom stereocenters. The van der Waals surface area contributed by atoms with Crippen LogP contribution in [0.25, 0.3) is 5.65 Å². The van der Waals surface area contributed by atoms with Gasteiger partial charge in [-0.05, 0) is 40.2 Å². The molecule has 0 fully saturated rings. The third-order valence-corrected chi connectivity index (χ3v) is 4.18. The van der Waals surface area contributed by atoms with Crippen LogP contribution < -0.4 is 0 Å². The molecule has 0 saturated heterocycles. The molecule has 3 rings (SSSR count). The number of thioether (sulfide) groups is 1. The minimum Gasteiger partial charge on any atom is -0.302 e. The second-order valence-electron chi connectivity index (χ2n) is 3.84. The van der Waals surface area contributed by atoms with Gasteiger partial charge >= 0.3 is 0 Å². The summed E-state index contributed by atoms with van der Waals surface area (Å²) in [6, 6.07) is 2.13. The summed E-state index contributed by atoms with van der Waals surface area (Å²) in [4.78, 5) is 4.72. The summed E-state index contributed by atoms with van der Waals surface area (Å²) in [5, 5.41) is 0. The normalized spacial score (nSPS) is 15.6. The first-order chi connectivity index (χ1) is 7.25. The summed E-state index contributed by atoms with van der Waals surface area (Å²) >= 11 is 5.53. The van der Waals surface area contributed by atoms with Crippen LogP contribution >= 0.6 is 27.7 Å². The molecule has 1 aliphatic rings. The largest absolute Gasteiger partial charge is 0.302 e. The standard InChI is InChI=1S/C11H11BrN2S/c1-7-4-8(12)5-14-10-6-15-3-2-9(10)13-11(7)14/h4-5H,2-3,6H2,1H3. The number of rotatable bonds is 0. The number of hydrogen-bond donors (Lipinski definition) is 0. The number of fused-ring (bicyclic) bond motifs is 3. The van der Waals surface area contributed by atoms with E-state index in [1.165, 1.54) is 22.7 Å². The molecular weight excluding hydrogens is 272 g/mol. The van der Waals surface area contributed by atoms with Crippen molar-refractivity contribution in [2.75, 3.05) is 5.75 Å². The van der Waals surface area contributed by atoms with Gasteiger partial charge in [0, 0.05) is 22.8 Å². The molecule has 0 amide bonds. The van der Waals surface area contributed by atoms with Gasteiger partial charge in [-0.2, -0.15) is 11.8 Å². The van der Waals surface area contributed by atoms with Crippen molar-refractivity contribution in [3.63, 3.8) is 0 Å². The Morgan fingerprint density at radius 3 is 3.27 bits per heavy atom. The van der Waals surface area contributed by atoms with E-state index in [1.807, 2.05) is 11.8 Å². The van der Waals surface area contributed by atoms with Crippen molar-refractivity contribution >= 4 is 33.3 Å². The molecule has 2 aromatic rings. The number of aryl methyl sites for hydroxylation is 2. The molecule has 0 radical (unpaired) electrons. The fourth-order valence-electron chi connectivity index (χ4n) is 2.05. The average molecular weight is 283 g/mol. The maximum atomic E-state index is 4.72. The third kappa shape index (κ3) is 1.51. The van der Waals surface area contributed by atoms with Crippen LogP contribution in [-0.2, 0) is 12.2 Å². The number of nitrogens with zero attached hydrogens (tertiary/aromatic N) is 2. The molecule has 2 aromatic heterocycles. The van der Waals surface area contributed by atoms with Crippen molar-refractivity contribution in [1.82, 2.24) is 9.38 Å². The highest BCUT2D eigenvalue weighted by Crippen LogP contribution is 2.27. The number of pyridine rings is 1. The highest BCUT2D eigenvalue weighted by molar-refractivity contribution is 9.10. The monoisotopic (exact) mass is 282 g/mol. The van der Waals surface area contributed by atoms with Gasteiger partial charge in [0.25, 0.3) is 0 Å². The molecule has 0 spiro atoms. The van der Waals surface area contributed by atoms with Crippen LogP contribution in [0.1, 0.15) is 17.0 Å². The van der Waals surface area contributed by atoms with Gasteiger partial charge in [0.05, 0.1) is 11.4 Å². The maximum absolute atomic E-state index is 4.72. The van der Waals surface area contributed by atoms with Gasteiger partial charge in [0.15, 0.2) is 0 Å². The minimum absolute atomic E-state index is 1.09. The first-order valence-corrected chi connectivity index (χ1v) is 6.94. The summed E-state index contributed by atoms with van der Waals surface area (Å²) in [6.45, 7) is 2.12. The van der Waals surface area contributed by atoms with Crippen molar-refractivity contribution in [1.29, 1.82) is 0 Å². The quantitative estimate of drug-likeness (QED) is 0.738. The lowest BCUT2D eigenvalue weighted by Crippen LogP contribution is -2.03. The molecule has 4 heteroatoms. The van der Waals surface area contributed by atoms with Crippen molar-refractivity contribution in [2.24, 2.45) is 0 Å². The summed E-state index contributed by atoms with van der Waals surface area (Å²) < 4.78 is 3.37. The number of aromatic nitrogens is 2. The first kappa shape index (κ1) is 9.73. The van der Waals surface area contributed by atoms with E-state index in [9.17, 15) is 0 Å². The topological polar surface area (TPSA) is 17.3 Å². The average Bonchev–Trinajstić information content (AvgIpc) is 2.57. The van der Waals surface area contributed by atoms with Crippen molar-refractivity contribution in [3.05, 3.63) is 33.7 Å². The van der Waals surface area contributed by atoms with Crippen LogP contribution in [-0.4, -0.2) is 15.1 Å². The van der Waals surface area contributed by atoms with Gasteiger partial charge in [0.1, 0.15) is 5.65 Å². The second-order valence-corrected chi connectivity index (χ2v) is 5.86. The van der Waals surface area contributed by atoms with Crippen molar-refractivity contribution in [2.45, 2.75) is 19.1 Å². The van der Waals surface area contributed by atoms with Crippen LogP contribution in [0.5, 0.6) is 0 Å². The Balaban J connectivity index is 2.37. The van der Waals surface area contributed by atoms with E-state index < -0.39 is 0 Å². The molecule has 0 bridgehead atoms. The molecular formula is C11H11BrN2S. The predicted octanol–water partition coefficient (Wildman–Crippen LogP) is 3.19.